The maximum Gasteiger partial charge on any atom is 0.251 e. The monoisotopic (exact) mass is 573 g/mol. The van der Waals surface area contributed by atoms with Crippen molar-refractivity contribution in [2.45, 2.75) is 44.1 Å². The Morgan fingerprint density at radius 1 is 1.05 bits per heavy atom. The Balaban J connectivity index is 1.19. The highest BCUT2D eigenvalue weighted by molar-refractivity contribution is 7.91. The largest absolute Gasteiger partial charge is 0.376 e. The lowest BCUT2D eigenvalue weighted by atomic mass is 10.1. The van der Waals surface area contributed by atoms with E-state index in [1.165, 1.54) is 6.07 Å². The van der Waals surface area contributed by atoms with E-state index in [2.05, 4.69) is 34.0 Å². The van der Waals surface area contributed by atoms with Crippen LogP contribution in [0.5, 0.6) is 0 Å². The summed E-state index contributed by atoms with van der Waals surface area (Å²) in [4.78, 5) is 29.2. The summed E-state index contributed by atoms with van der Waals surface area (Å²) in [5.41, 5.74) is 3.99. The number of nitrogens with zero attached hydrogens (tertiary/aromatic N) is 4. The highest BCUT2D eigenvalue weighted by Gasteiger charge is 2.25. The van der Waals surface area contributed by atoms with Crippen LogP contribution in [0.1, 0.15) is 35.5 Å². The van der Waals surface area contributed by atoms with Gasteiger partial charge in [-0.05, 0) is 61.9 Å². The fraction of sp³-hybridized carbons (Fsp3) is 0.333. The van der Waals surface area contributed by atoms with E-state index in [1.54, 1.807) is 24.5 Å². The number of carbonyl (C=O) groups is 1. The predicted molar refractivity (Wildman–Crippen MR) is 154 cm³/mol. The number of hydrogen-bond acceptors (Lipinski definition) is 9. The van der Waals surface area contributed by atoms with Gasteiger partial charge in [0, 0.05) is 42.0 Å². The first kappa shape index (κ1) is 27.3. The molecule has 3 aromatic heterocycles. The average molecular weight is 574 g/mol. The van der Waals surface area contributed by atoms with E-state index < -0.39 is 9.84 Å². The molecule has 1 amide bonds. The van der Waals surface area contributed by atoms with Crippen molar-refractivity contribution in [3.8, 4) is 11.3 Å². The topological polar surface area (TPSA) is 124 Å². The second-order valence-electron chi connectivity index (χ2n) is 10.5. The number of carbonyl (C=O) groups excluding carboxylic acids is 1. The van der Waals surface area contributed by atoms with Crippen LogP contribution >= 0.6 is 0 Å². The number of nitrogens with one attached hydrogen (secondary N) is 1. The van der Waals surface area contributed by atoms with E-state index in [1.807, 2.05) is 30.3 Å². The first-order valence-corrected chi connectivity index (χ1v) is 15.2. The van der Waals surface area contributed by atoms with Gasteiger partial charge in [-0.15, -0.1) is 0 Å². The van der Waals surface area contributed by atoms with Crippen molar-refractivity contribution in [3.63, 3.8) is 0 Å². The molecule has 4 aromatic rings. The molecule has 2 atom stereocenters. The molecule has 1 saturated heterocycles. The van der Waals surface area contributed by atoms with Crippen LogP contribution < -0.4 is 10.2 Å². The average Bonchev–Trinajstić information content (AvgIpc) is 3.12. The second kappa shape index (κ2) is 11.2. The highest BCUT2D eigenvalue weighted by Crippen LogP contribution is 2.26. The number of ether oxygens (including phenoxy) is 2. The lowest BCUT2D eigenvalue weighted by Crippen LogP contribution is -2.45. The maximum atomic E-state index is 12.9. The summed E-state index contributed by atoms with van der Waals surface area (Å²) in [6.07, 6.45) is 3.80. The van der Waals surface area contributed by atoms with Gasteiger partial charge in [-0.3, -0.25) is 9.78 Å². The van der Waals surface area contributed by atoms with Crippen molar-refractivity contribution in [1.82, 2.24) is 20.3 Å². The molecule has 1 fully saturated rings. The molecule has 2 aliphatic rings. The summed E-state index contributed by atoms with van der Waals surface area (Å²) in [7, 11) is -3.51. The molecule has 0 aliphatic carbocycles. The second-order valence-corrected chi connectivity index (χ2v) is 12.6. The third-order valence-electron chi connectivity index (χ3n) is 7.26. The molecular weight excluding hydrogens is 542 g/mol. The molecule has 0 radical (unpaired) electrons. The molecule has 2 aliphatic heterocycles. The van der Waals surface area contributed by atoms with Gasteiger partial charge in [0.1, 0.15) is 5.82 Å². The van der Waals surface area contributed by atoms with Crippen LogP contribution in [0.15, 0.2) is 65.8 Å². The Kier molecular flexibility index (Phi) is 7.41. The zero-order valence-electron chi connectivity index (χ0n) is 22.9. The van der Waals surface area contributed by atoms with E-state index >= 15 is 0 Å². The van der Waals surface area contributed by atoms with E-state index in [9.17, 15) is 13.2 Å². The molecule has 6 rings (SSSR count). The Morgan fingerprint density at radius 2 is 1.88 bits per heavy atom. The molecule has 0 unspecified atom stereocenters. The zero-order valence-corrected chi connectivity index (χ0v) is 23.7. The summed E-state index contributed by atoms with van der Waals surface area (Å²) < 4.78 is 36.4. The molecule has 0 bridgehead atoms. The van der Waals surface area contributed by atoms with Gasteiger partial charge in [0.15, 0.2) is 9.84 Å². The van der Waals surface area contributed by atoms with Crippen LogP contribution in [0.2, 0.25) is 0 Å². The molecule has 41 heavy (non-hydrogen) atoms. The van der Waals surface area contributed by atoms with Crippen molar-refractivity contribution in [1.29, 1.82) is 0 Å². The third-order valence-corrected chi connectivity index (χ3v) is 9.02. The van der Waals surface area contributed by atoms with Crippen molar-refractivity contribution < 1.29 is 22.7 Å². The Morgan fingerprint density at radius 3 is 2.71 bits per heavy atom. The van der Waals surface area contributed by atoms with Gasteiger partial charge in [-0.1, -0.05) is 6.07 Å². The van der Waals surface area contributed by atoms with Crippen molar-refractivity contribution in [2.24, 2.45) is 0 Å². The lowest BCUT2D eigenvalue weighted by molar-refractivity contribution is -0.00545. The van der Waals surface area contributed by atoms with Crippen LogP contribution in [-0.4, -0.2) is 66.9 Å². The minimum Gasteiger partial charge on any atom is -0.376 e. The number of rotatable bonds is 5. The number of anilines is 1. The van der Waals surface area contributed by atoms with Crippen LogP contribution in [-0.2, 0) is 32.5 Å². The Bertz CT molecular complexity index is 1720. The van der Waals surface area contributed by atoms with E-state index in [4.69, 9.17) is 14.5 Å². The molecule has 212 valence electrons. The van der Waals surface area contributed by atoms with E-state index in [0.29, 0.717) is 11.3 Å². The first-order valence-electron chi connectivity index (χ1n) is 13.6. The molecule has 11 heteroatoms. The molecule has 10 nitrogen and oxygen atoms in total. The summed E-state index contributed by atoms with van der Waals surface area (Å²) in [5, 5.41) is 3.73. The number of morpholine rings is 1. The third kappa shape index (κ3) is 5.92. The van der Waals surface area contributed by atoms with Crippen LogP contribution in [0.4, 0.5) is 5.82 Å². The van der Waals surface area contributed by atoms with Crippen molar-refractivity contribution in [2.75, 3.05) is 30.3 Å². The van der Waals surface area contributed by atoms with Gasteiger partial charge in [0.05, 0.1) is 59.5 Å². The number of pyridine rings is 3. The van der Waals surface area contributed by atoms with Crippen molar-refractivity contribution >= 4 is 32.5 Å². The molecule has 5 heterocycles. The van der Waals surface area contributed by atoms with Gasteiger partial charge in [-0.25, -0.2) is 18.4 Å². The summed E-state index contributed by atoms with van der Waals surface area (Å²) in [6.45, 7) is 6.21. The number of hydrogen-bond donors (Lipinski definition) is 1. The smallest absolute Gasteiger partial charge is 0.251 e. The number of fused-ring (bicyclic) bond motifs is 2. The van der Waals surface area contributed by atoms with E-state index in [0.717, 1.165) is 41.1 Å². The normalized spacial score (nSPS) is 20.3. The lowest BCUT2D eigenvalue weighted by Gasteiger charge is -2.36. The zero-order chi connectivity index (χ0) is 28.6. The Hall–Kier alpha value is -3.93. The van der Waals surface area contributed by atoms with E-state index in [-0.39, 0.29) is 54.1 Å². The molecule has 0 saturated carbocycles. The maximum absolute atomic E-state index is 12.9. The standard InChI is InChI=1S/C30H31N5O5S/c1-19-16-35(17-20(2)40-19)29-12-21(7-8-31-29)26-6-5-23-14-32-25(13-27(23)34-26)15-33-30(36)22-3-4-24-18-39-9-10-41(37,38)28(24)11-22/h3-8,11-14,19-20H,9-10,15-18H2,1-2H3,(H,33,36)/t19-,20+. The van der Waals surface area contributed by atoms with Gasteiger partial charge in [0.25, 0.3) is 5.91 Å². The van der Waals surface area contributed by atoms with Crippen LogP contribution in [0, 0.1) is 0 Å². The minimum atomic E-state index is -3.51. The number of aromatic nitrogens is 3. The first-order chi connectivity index (χ1) is 19.7. The molecule has 1 aromatic carbocycles. The Labute approximate surface area is 238 Å². The summed E-state index contributed by atoms with van der Waals surface area (Å²) in [5.74, 6) is 0.406. The SMILES string of the molecule is C[C@@H]1CN(c2cc(-c3ccc4cnc(CNC(=O)c5ccc6c(c5)S(=O)(=O)CCOC6)cc4n3)ccn2)C[C@H](C)O1. The quantitative estimate of drug-likeness (QED) is 0.382. The highest BCUT2D eigenvalue weighted by atomic mass is 32.2. The van der Waals surface area contributed by atoms with Gasteiger partial charge in [-0.2, -0.15) is 0 Å². The fourth-order valence-corrected chi connectivity index (χ4v) is 6.66. The predicted octanol–water partition coefficient (Wildman–Crippen LogP) is 3.54. The van der Waals surface area contributed by atoms with Gasteiger partial charge >= 0.3 is 0 Å². The number of sulfone groups is 1. The molecule has 0 spiro atoms. The van der Waals surface area contributed by atoms with Gasteiger partial charge in [0.2, 0.25) is 0 Å². The number of amides is 1. The molecule has 1 N–H and O–H groups in total. The van der Waals surface area contributed by atoms with Crippen molar-refractivity contribution in [3.05, 3.63) is 77.7 Å². The minimum absolute atomic E-state index is 0.104. The van der Waals surface area contributed by atoms with Crippen LogP contribution in [0.3, 0.4) is 0 Å². The summed E-state index contributed by atoms with van der Waals surface area (Å²) >= 11 is 0. The van der Waals surface area contributed by atoms with Gasteiger partial charge < -0.3 is 19.7 Å². The number of benzene rings is 1. The molecular formula is C30H31N5O5S. The fourth-order valence-electron chi connectivity index (χ4n) is 5.27. The van der Waals surface area contributed by atoms with Crippen LogP contribution in [0.25, 0.3) is 22.2 Å². The summed E-state index contributed by atoms with van der Waals surface area (Å²) in [6, 6.07) is 14.5.